The molecule has 16 heavy (non-hydrogen) atoms. The third kappa shape index (κ3) is 2.82. The fraction of sp³-hybridized carbons (Fsp3) is 0.333. The Morgan fingerprint density at radius 1 is 1.69 bits per heavy atom. The van der Waals surface area contributed by atoms with Crippen LogP contribution in [-0.4, -0.2) is 12.1 Å². The summed E-state index contributed by atoms with van der Waals surface area (Å²) < 4.78 is 0. The molecule has 0 saturated carbocycles. The van der Waals surface area contributed by atoms with E-state index in [1.54, 1.807) is 0 Å². The predicted octanol–water partition coefficient (Wildman–Crippen LogP) is 1.47. The van der Waals surface area contributed by atoms with E-state index < -0.39 is 0 Å². The lowest BCUT2D eigenvalue weighted by molar-refractivity contribution is -0.117. The average molecular weight is 219 g/mol. The Balaban J connectivity index is 3.10. The number of nitrogens with one attached hydrogen (secondary N) is 1. The van der Waals surface area contributed by atoms with Crippen LogP contribution in [0.1, 0.15) is 20.3 Å². The third-order valence-corrected chi connectivity index (χ3v) is 2.59. The molecular formula is C12H17N3O. The highest BCUT2D eigenvalue weighted by atomic mass is 16.2. The summed E-state index contributed by atoms with van der Waals surface area (Å²) in [5.74, 6) is 0.369. The molecule has 0 bridgehead atoms. The molecule has 0 fully saturated rings. The maximum atomic E-state index is 11.8. The lowest BCUT2D eigenvalue weighted by Gasteiger charge is -2.17. The molecule has 0 saturated heterocycles. The Morgan fingerprint density at radius 2 is 2.38 bits per heavy atom. The zero-order valence-electron chi connectivity index (χ0n) is 9.66. The minimum Gasteiger partial charge on any atom is -0.385 e. The van der Waals surface area contributed by atoms with Gasteiger partial charge in [-0.3, -0.25) is 9.79 Å². The standard InChI is InChI=1S/C12H17N3O/c1-4-7-14-11-9(3)8(2)5-6-10(13)15-12(11)16/h4,6-8H,1,5,13H2,2-3H3,(H,15,16)/b10-6+,11-9+,14-7-. The molecule has 0 aromatic heterocycles. The maximum Gasteiger partial charge on any atom is 0.275 e. The first kappa shape index (κ1) is 12.2. The van der Waals surface area contributed by atoms with E-state index in [2.05, 4.69) is 16.9 Å². The van der Waals surface area contributed by atoms with E-state index in [0.717, 1.165) is 12.0 Å². The molecule has 1 aliphatic rings. The van der Waals surface area contributed by atoms with Crippen LogP contribution < -0.4 is 11.1 Å². The van der Waals surface area contributed by atoms with Crippen LogP contribution in [0.3, 0.4) is 0 Å². The number of aliphatic imine (C=N–C) groups is 1. The topological polar surface area (TPSA) is 67.5 Å². The summed E-state index contributed by atoms with van der Waals surface area (Å²) in [6.07, 6.45) is 5.66. The van der Waals surface area contributed by atoms with Crippen LogP contribution >= 0.6 is 0 Å². The molecule has 1 heterocycles. The predicted molar refractivity (Wildman–Crippen MR) is 65.6 cm³/mol. The summed E-state index contributed by atoms with van der Waals surface area (Å²) in [5, 5.41) is 2.59. The Morgan fingerprint density at radius 3 is 3.00 bits per heavy atom. The van der Waals surface area contributed by atoms with Crippen molar-refractivity contribution in [1.29, 1.82) is 0 Å². The minimum atomic E-state index is -0.268. The Bertz CT molecular complexity index is 391. The summed E-state index contributed by atoms with van der Waals surface area (Å²) in [4.78, 5) is 15.9. The Hall–Kier alpha value is -1.84. The monoisotopic (exact) mass is 219 g/mol. The molecule has 4 nitrogen and oxygen atoms in total. The Labute approximate surface area is 95.6 Å². The molecule has 1 atom stereocenters. The van der Waals surface area contributed by atoms with E-state index in [1.807, 2.05) is 19.9 Å². The first-order chi connectivity index (χ1) is 7.56. The third-order valence-electron chi connectivity index (χ3n) is 2.59. The highest BCUT2D eigenvalue weighted by Crippen LogP contribution is 2.21. The van der Waals surface area contributed by atoms with E-state index in [0.29, 0.717) is 11.5 Å². The molecule has 1 aliphatic heterocycles. The van der Waals surface area contributed by atoms with Crippen molar-refractivity contribution in [3.8, 4) is 0 Å². The molecule has 86 valence electrons. The second kappa shape index (κ2) is 5.30. The van der Waals surface area contributed by atoms with E-state index in [9.17, 15) is 4.79 Å². The van der Waals surface area contributed by atoms with Crippen LogP contribution in [0.4, 0.5) is 0 Å². The van der Waals surface area contributed by atoms with Gasteiger partial charge in [-0.15, -0.1) is 0 Å². The molecule has 1 rings (SSSR count). The first-order valence-electron chi connectivity index (χ1n) is 5.19. The molecule has 4 heteroatoms. The van der Waals surface area contributed by atoms with Gasteiger partial charge < -0.3 is 11.1 Å². The van der Waals surface area contributed by atoms with Crippen molar-refractivity contribution in [3.05, 3.63) is 35.8 Å². The SMILES string of the molecule is C=C/C=N\C1=C(/C)C(C)C/C=C(\N)NC1=O. The number of nitrogens with two attached hydrogens (primary N) is 1. The zero-order valence-corrected chi connectivity index (χ0v) is 9.66. The minimum absolute atomic E-state index is 0.251. The van der Waals surface area contributed by atoms with Gasteiger partial charge >= 0.3 is 0 Å². The van der Waals surface area contributed by atoms with Crippen molar-refractivity contribution in [1.82, 2.24) is 5.32 Å². The fourth-order valence-corrected chi connectivity index (χ4v) is 1.42. The normalized spacial score (nSPS) is 30.2. The van der Waals surface area contributed by atoms with Gasteiger partial charge in [0.15, 0.2) is 0 Å². The molecule has 1 amide bonds. The first-order valence-corrected chi connectivity index (χ1v) is 5.19. The molecule has 0 spiro atoms. The number of hydrogen-bond donors (Lipinski definition) is 2. The molecule has 0 aromatic carbocycles. The van der Waals surface area contributed by atoms with Crippen LogP contribution in [-0.2, 0) is 4.79 Å². The molecular weight excluding hydrogens is 202 g/mol. The van der Waals surface area contributed by atoms with Crippen molar-refractivity contribution in [3.63, 3.8) is 0 Å². The van der Waals surface area contributed by atoms with Gasteiger partial charge in [0.1, 0.15) is 5.70 Å². The number of amides is 1. The Kier molecular flexibility index (Phi) is 4.05. The van der Waals surface area contributed by atoms with Gasteiger partial charge in [-0.2, -0.15) is 0 Å². The van der Waals surface area contributed by atoms with Crippen LogP contribution in [0.2, 0.25) is 0 Å². The van der Waals surface area contributed by atoms with Gasteiger partial charge in [-0.05, 0) is 30.9 Å². The number of carbonyl (C=O) groups is 1. The van der Waals surface area contributed by atoms with Crippen molar-refractivity contribution >= 4 is 12.1 Å². The maximum absolute atomic E-state index is 11.8. The lowest BCUT2D eigenvalue weighted by atomic mass is 9.95. The highest BCUT2D eigenvalue weighted by Gasteiger charge is 2.18. The second-order valence-corrected chi connectivity index (χ2v) is 3.80. The van der Waals surface area contributed by atoms with Gasteiger partial charge in [0.05, 0.1) is 5.82 Å². The van der Waals surface area contributed by atoms with Crippen LogP contribution in [0, 0.1) is 5.92 Å². The number of allylic oxidation sites excluding steroid dienone is 3. The smallest absolute Gasteiger partial charge is 0.275 e. The number of carbonyl (C=O) groups excluding carboxylic acids is 1. The van der Waals surface area contributed by atoms with Gasteiger partial charge in [0.2, 0.25) is 0 Å². The average Bonchev–Trinajstić information content (AvgIpc) is 2.25. The van der Waals surface area contributed by atoms with Gasteiger partial charge in [0, 0.05) is 6.21 Å². The van der Waals surface area contributed by atoms with Crippen molar-refractivity contribution in [2.75, 3.05) is 0 Å². The van der Waals surface area contributed by atoms with E-state index in [1.165, 1.54) is 12.3 Å². The molecule has 3 N–H and O–H groups in total. The highest BCUT2D eigenvalue weighted by molar-refractivity contribution is 5.96. The number of rotatable bonds is 2. The quantitative estimate of drug-likeness (QED) is 0.691. The molecule has 0 aliphatic carbocycles. The summed E-state index contributed by atoms with van der Waals surface area (Å²) in [7, 11) is 0. The number of nitrogens with zero attached hydrogens (tertiary/aromatic N) is 1. The van der Waals surface area contributed by atoms with Gasteiger partial charge in [-0.25, -0.2) is 0 Å². The van der Waals surface area contributed by atoms with Crippen LogP contribution in [0.15, 0.2) is 40.8 Å². The van der Waals surface area contributed by atoms with Crippen molar-refractivity contribution in [2.45, 2.75) is 20.3 Å². The summed E-state index contributed by atoms with van der Waals surface area (Å²) >= 11 is 0. The molecule has 1 unspecified atom stereocenters. The van der Waals surface area contributed by atoms with Gasteiger partial charge in [-0.1, -0.05) is 19.6 Å². The van der Waals surface area contributed by atoms with Crippen LogP contribution in [0.5, 0.6) is 0 Å². The molecule has 0 radical (unpaired) electrons. The largest absolute Gasteiger partial charge is 0.385 e. The summed E-state index contributed by atoms with van der Waals surface area (Å²) in [6.45, 7) is 7.49. The lowest BCUT2D eigenvalue weighted by Crippen LogP contribution is -2.30. The van der Waals surface area contributed by atoms with E-state index in [4.69, 9.17) is 5.73 Å². The summed E-state index contributed by atoms with van der Waals surface area (Å²) in [5.41, 5.74) is 7.01. The van der Waals surface area contributed by atoms with Crippen molar-refractivity contribution < 1.29 is 4.79 Å². The second-order valence-electron chi connectivity index (χ2n) is 3.80. The summed E-state index contributed by atoms with van der Waals surface area (Å²) in [6, 6.07) is 0. The van der Waals surface area contributed by atoms with Gasteiger partial charge in [0.25, 0.3) is 5.91 Å². The van der Waals surface area contributed by atoms with E-state index >= 15 is 0 Å². The zero-order chi connectivity index (χ0) is 12.1. The van der Waals surface area contributed by atoms with E-state index in [-0.39, 0.29) is 11.8 Å². The number of hydrogen-bond acceptors (Lipinski definition) is 3. The fourth-order valence-electron chi connectivity index (χ4n) is 1.42. The van der Waals surface area contributed by atoms with Crippen molar-refractivity contribution in [2.24, 2.45) is 16.6 Å². The van der Waals surface area contributed by atoms with Crippen LogP contribution in [0.25, 0.3) is 0 Å². The molecule has 0 aromatic rings.